The molecule has 12 rings (SSSR count). The molecule has 0 radical (unpaired) electrons. The summed E-state index contributed by atoms with van der Waals surface area (Å²) in [4.78, 5) is 64.4. The second-order valence-electron chi connectivity index (χ2n) is 32.8. The molecule has 7 aliphatic rings. The van der Waals surface area contributed by atoms with Crippen molar-refractivity contribution in [3.05, 3.63) is 48.8 Å². The molecule has 7 saturated carbocycles. The first-order valence-electron chi connectivity index (χ1n) is 36.1. The van der Waals surface area contributed by atoms with Gasteiger partial charge in [0.15, 0.2) is 0 Å². The van der Waals surface area contributed by atoms with Crippen LogP contribution in [0.5, 0.6) is 0 Å². The topological polar surface area (TPSA) is 210 Å². The van der Waals surface area contributed by atoms with Gasteiger partial charge in [0.1, 0.15) is 42.3 Å². The number of nitrogens with one attached hydrogen (secondary N) is 1. The fourth-order valence-electron chi connectivity index (χ4n) is 21.3. The van der Waals surface area contributed by atoms with Gasteiger partial charge in [0, 0.05) is 58.9 Å². The van der Waals surface area contributed by atoms with Crippen LogP contribution in [0.4, 0.5) is 4.79 Å². The van der Waals surface area contributed by atoms with Crippen molar-refractivity contribution in [2.75, 3.05) is 20.8 Å². The lowest BCUT2D eigenvalue weighted by molar-refractivity contribution is -0.163. The molecule has 7 aliphatic carbocycles. The Morgan fingerprint density at radius 2 is 1.15 bits per heavy atom. The van der Waals surface area contributed by atoms with Crippen molar-refractivity contribution < 1.29 is 47.7 Å². The van der Waals surface area contributed by atoms with Gasteiger partial charge in [0.05, 0.1) is 26.6 Å². The second kappa shape index (κ2) is 26.9. The van der Waals surface area contributed by atoms with Crippen molar-refractivity contribution in [3.8, 4) is 22.5 Å². The summed E-state index contributed by atoms with van der Waals surface area (Å²) in [6.45, 7) is 23.4. The van der Waals surface area contributed by atoms with E-state index in [4.69, 9.17) is 23.7 Å². The van der Waals surface area contributed by atoms with Gasteiger partial charge >= 0.3 is 30.0 Å². The molecule has 512 valence electrons. The second-order valence-corrected chi connectivity index (χ2v) is 32.8. The highest BCUT2D eigenvalue weighted by Gasteiger charge is 2.61. The molecule has 7 fully saturated rings. The predicted molar refractivity (Wildman–Crippen MR) is 360 cm³/mol. The summed E-state index contributed by atoms with van der Waals surface area (Å²) in [5.74, 6) is 5.98. The van der Waals surface area contributed by atoms with Crippen LogP contribution in [0.1, 0.15) is 204 Å². The van der Waals surface area contributed by atoms with Gasteiger partial charge in [-0.15, -0.1) is 10.2 Å². The highest BCUT2D eigenvalue weighted by atomic mass is 16.6. The van der Waals surface area contributed by atoms with Crippen molar-refractivity contribution >= 4 is 51.8 Å². The van der Waals surface area contributed by atoms with Crippen LogP contribution in [0.25, 0.3) is 44.3 Å². The average Bonchev–Trinajstić information content (AvgIpc) is 1.26. The molecule has 94 heavy (non-hydrogen) atoms. The molecular formula is C76H108N8O10. The third kappa shape index (κ3) is 13.6. The fourth-order valence-corrected chi connectivity index (χ4v) is 21.3. The summed E-state index contributed by atoms with van der Waals surface area (Å²) < 4.78 is 33.4. The Hall–Kier alpha value is -6.33. The van der Waals surface area contributed by atoms with E-state index in [0.717, 1.165) is 96.1 Å². The maximum absolute atomic E-state index is 13.8. The van der Waals surface area contributed by atoms with Gasteiger partial charge in [-0.1, -0.05) is 83.2 Å². The molecule has 0 saturated heterocycles. The third-order valence-corrected chi connectivity index (χ3v) is 26.7. The number of methoxy groups -OCH3 is 2. The molecule has 3 aromatic heterocycles. The molecule has 17 atom stereocenters. The first-order valence-corrected chi connectivity index (χ1v) is 36.1. The number of ether oxygens (including phenoxy) is 5. The summed E-state index contributed by atoms with van der Waals surface area (Å²) in [6.07, 6.45) is 25.0. The van der Waals surface area contributed by atoms with Gasteiger partial charge in [-0.2, -0.15) is 0 Å². The standard InChI is InChI=1S/C76H108N8O10/c1-46(13-25-67(85)90-11)48(3)73(7)31-29-60-51(41-73)15-18-52-39-54(27-32-74(52,60)8)92-69(87)44-82-42-63(78-80-82)49-16-20-56-57-21-17-50(38-66(57)84(65(56)37-49)36-35-77-71(89)94-72(4,5)6)64-43-83(81-79-64)45-70(88)93-55-28-33-75(9)53(40-55)19-22-58-61-24-23-59(47(2)14-26-68(86)91-12)76(61,10)34-30-62(58)75/h16-17,20-21,37-38,42-43,46-48,51-55,58-62H,13-15,18-19,22-36,39-41,44-45H2,1-12H3,(H,77,89)/t46-,47-,48?,51+,52-,53-,54-,55-,58+,59?,60?,61+,62?,73?,74?,75?,76?/m1/s1. The van der Waals surface area contributed by atoms with Crippen LogP contribution < -0.4 is 5.32 Å². The molecule has 8 unspecified atom stereocenters. The van der Waals surface area contributed by atoms with Crippen LogP contribution in [-0.2, 0) is 62.5 Å². The summed E-state index contributed by atoms with van der Waals surface area (Å²) in [7, 11) is 2.97. The maximum atomic E-state index is 13.8. The van der Waals surface area contributed by atoms with E-state index in [-0.39, 0.29) is 65.4 Å². The normalized spacial score (nSPS) is 32.3. The summed E-state index contributed by atoms with van der Waals surface area (Å²) in [5.41, 5.74) is 5.18. The van der Waals surface area contributed by atoms with Crippen molar-refractivity contribution in [1.29, 1.82) is 0 Å². The van der Waals surface area contributed by atoms with E-state index in [2.05, 4.69) is 103 Å². The number of fused-ring (bicyclic) bond motifs is 11. The van der Waals surface area contributed by atoms with Crippen LogP contribution in [-0.4, -0.2) is 103 Å². The number of carbonyl (C=O) groups excluding carboxylic acids is 5. The maximum Gasteiger partial charge on any atom is 0.407 e. The Balaban J connectivity index is 0.669. The molecule has 0 bridgehead atoms. The minimum atomic E-state index is -0.652. The van der Waals surface area contributed by atoms with Crippen LogP contribution in [0.2, 0.25) is 0 Å². The van der Waals surface area contributed by atoms with E-state index < -0.39 is 11.7 Å². The van der Waals surface area contributed by atoms with Crippen molar-refractivity contribution in [2.45, 2.75) is 242 Å². The van der Waals surface area contributed by atoms with E-state index in [1.54, 1.807) is 15.6 Å². The highest BCUT2D eigenvalue weighted by Crippen LogP contribution is 2.69. The SMILES string of the molecule is COC(=O)CC[C@@H](C)C(C)C1(C)CCC2[C@@H](CC[C@@H]3C[C@H](OC(=O)Cn4cc(-c5ccc6c7ccc(-c8cn(CC(=O)O[C@@H]9CCC%10(C)C%11CCC%12(C)C([C@H](C)CCC(=O)OC)CC[C@H]%12[C@@H]%11CC[C@@H]%10C9)nn8)cc7n(CCNC(=O)OC(C)(C)C)c6c5)nn4)CCC23C)C1. The summed E-state index contributed by atoms with van der Waals surface area (Å²) in [6, 6.07) is 12.4. The zero-order valence-electron chi connectivity index (χ0n) is 58.5. The third-order valence-electron chi connectivity index (χ3n) is 26.7. The van der Waals surface area contributed by atoms with Gasteiger partial charge in [0.2, 0.25) is 0 Å². The van der Waals surface area contributed by atoms with Gasteiger partial charge in [-0.3, -0.25) is 19.2 Å². The number of nitrogens with zero attached hydrogens (tertiary/aromatic N) is 7. The lowest BCUT2D eigenvalue weighted by Gasteiger charge is -2.61. The smallest absolute Gasteiger partial charge is 0.407 e. The summed E-state index contributed by atoms with van der Waals surface area (Å²) >= 11 is 0. The van der Waals surface area contributed by atoms with Gasteiger partial charge < -0.3 is 33.6 Å². The van der Waals surface area contributed by atoms with Crippen molar-refractivity contribution in [1.82, 2.24) is 39.9 Å². The van der Waals surface area contributed by atoms with Gasteiger partial charge in [-0.05, 0) is 242 Å². The Morgan fingerprint density at radius 3 is 1.72 bits per heavy atom. The zero-order chi connectivity index (χ0) is 66.6. The average molecular weight is 1290 g/mol. The molecule has 0 spiro atoms. The van der Waals surface area contributed by atoms with E-state index >= 15 is 0 Å². The Bertz CT molecular complexity index is 3590. The monoisotopic (exact) mass is 1290 g/mol. The van der Waals surface area contributed by atoms with E-state index in [1.807, 2.05) is 39.1 Å². The molecular weight excluding hydrogens is 1180 g/mol. The molecule has 2 aromatic carbocycles. The first kappa shape index (κ1) is 67.6. The van der Waals surface area contributed by atoms with E-state index in [1.165, 1.54) is 84.8 Å². The van der Waals surface area contributed by atoms with E-state index in [0.29, 0.717) is 96.0 Å². The molecule has 1 amide bonds. The van der Waals surface area contributed by atoms with Gasteiger partial charge in [0.25, 0.3) is 0 Å². The number of aromatic nitrogens is 7. The Labute approximate surface area is 557 Å². The molecule has 5 aromatic rings. The molecule has 0 aliphatic heterocycles. The lowest BCUT2D eigenvalue weighted by atomic mass is 9.44. The Kier molecular flexibility index (Phi) is 19.4. The van der Waals surface area contributed by atoms with Crippen molar-refractivity contribution in [3.63, 3.8) is 0 Å². The quantitative estimate of drug-likeness (QED) is 0.0568. The van der Waals surface area contributed by atoms with Crippen LogP contribution in [0.15, 0.2) is 48.8 Å². The molecule has 3 heterocycles. The van der Waals surface area contributed by atoms with Crippen LogP contribution >= 0.6 is 0 Å². The number of alkyl carbamates (subject to hydrolysis) is 1. The van der Waals surface area contributed by atoms with Gasteiger partial charge in [-0.25, -0.2) is 14.2 Å². The van der Waals surface area contributed by atoms with Crippen LogP contribution in [0, 0.1) is 86.8 Å². The van der Waals surface area contributed by atoms with Crippen molar-refractivity contribution in [2.24, 2.45) is 86.8 Å². The zero-order valence-corrected chi connectivity index (χ0v) is 58.5. The minimum absolute atomic E-state index is 0.0333. The highest BCUT2D eigenvalue weighted by molar-refractivity contribution is 6.10. The number of esters is 4. The fraction of sp³-hybridized carbons (Fsp3) is 0.724. The predicted octanol–water partition coefficient (Wildman–Crippen LogP) is 15.2. The molecule has 18 heteroatoms. The number of rotatable bonds is 20. The summed E-state index contributed by atoms with van der Waals surface area (Å²) in [5, 5.41) is 22.9. The Morgan fingerprint density at radius 1 is 0.617 bits per heavy atom. The van der Waals surface area contributed by atoms with E-state index in [9.17, 15) is 24.0 Å². The molecule has 1 N–H and O–H groups in total. The minimum Gasteiger partial charge on any atom is -0.469 e. The number of amides is 1. The first-order chi connectivity index (χ1) is 44.8. The van der Waals surface area contributed by atoms with Crippen LogP contribution in [0.3, 0.4) is 0 Å². The lowest BCUT2D eigenvalue weighted by Crippen LogP contribution is -2.54. The number of benzene rings is 2. The number of hydrogen-bond acceptors (Lipinski definition) is 14. The number of hydrogen-bond donors (Lipinski definition) is 1. The largest absolute Gasteiger partial charge is 0.469 e. The number of carbonyl (C=O) groups is 5. The molecule has 18 nitrogen and oxygen atoms in total.